The van der Waals surface area contributed by atoms with Gasteiger partial charge in [-0.3, -0.25) is 14.4 Å². The van der Waals surface area contributed by atoms with Crippen molar-refractivity contribution in [1.82, 2.24) is 87.4 Å². The predicted octanol–water partition coefficient (Wildman–Crippen LogP) is 16.8. The Morgan fingerprint density at radius 2 is 0.860 bits per heavy atom. The summed E-state index contributed by atoms with van der Waals surface area (Å²) >= 11 is 21.9. The van der Waals surface area contributed by atoms with E-state index in [1.54, 1.807) is 112 Å². The second kappa shape index (κ2) is 36.1. The molecule has 660 valence electrons. The van der Waals surface area contributed by atoms with Crippen LogP contribution < -0.4 is 31.8 Å². The molecule has 13 heterocycles. The first-order chi connectivity index (χ1) is 61.8. The number of benzene rings is 5. The largest absolute Gasteiger partial charge is 0.355 e. The number of nitrogens with zero attached hydrogens (tertiary/aromatic N) is 21. The Morgan fingerprint density at radius 1 is 0.457 bits per heavy atom. The van der Waals surface area contributed by atoms with Crippen molar-refractivity contribution >= 4 is 147 Å². The van der Waals surface area contributed by atoms with Gasteiger partial charge in [-0.15, -0.1) is 11.3 Å². The molecule has 3 aliphatic heterocycles. The van der Waals surface area contributed by atoms with Crippen LogP contribution in [-0.4, -0.2) is 182 Å². The normalized spacial score (nSPS) is 15.6. The van der Waals surface area contributed by atoms with E-state index in [2.05, 4.69) is 63.5 Å². The minimum Gasteiger partial charge on any atom is -0.350 e. The number of rotatable bonds is 15. The van der Waals surface area contributed by atoms with Crippen LogP contribution in [0.25, 0.3) is 116 Å². The first-order valence-corrected chi connectivity index (χ1v) is 44.1. The molecule has 27 nitrogen and oxygen atoms in total. The van der Waals surface area contributed by atoms with Crippen LogP contribution in [0.15, 0.2) is 186 Å². The molecule has 15 aromatic rings. The molecule has 18 rings (SSSR count). The molecule has 0 unspecified atom stereocenters. The summed E-state index contributed by atoms with van der Waals surface area (Å²) in [5, 5.41) is 2.26. The fourth-order valence-electron chi connectivity index (χ4n) is 17.6. The van der Waals surface area contributed by atoms with Crippen LogP contribution in [0.1, 0.15) is 102 Å². The van der Waals surface area contributed by atoms with Crippen molar-refractivity contribution < 1.29 is 27.6 Å². The maximum absolute atomic E-state index is 15.1. The Balaban J connectivity index is 0.000000142. The van der Waals surface area contributed by atoms with E-state index < -0.39 is 34.5 Å². The Morgan fingerprint density at radius 3 is 1.26 bits per heavy atom. The van der Waals surface area contributed by atoms with Crippen molar-refractivity contribution in [2.75, 3.05) is 73.6 Å². The van der Waals surface area contributed by atoms with Gasteiger partial charge in [0, 0.05) is 119 Å². The van der Waals surface area contributed by atoms with Crippen molar-refractivity contribution in [1.29, 1.82) is 0 Å². The SMILES string of the molecule is C=CC(=O)N1CCN(c2nc(=O)n(-c3c(C)cc4c(ncn4C)c3C(C)C)c3nc(-c4ccccc4F)c(Cl)cc23)[C@@H](C)C1.C=CC(=O)N1CCN(c2nc(=O)n(-c3cc4ncn(C)c4nc3C(C)C)c3nc(-c4ccccc4F)c(Cl)cc23)[C@@H](C)C1.C=CC(=O)N1CCN(c2nc(=O)n(-c3ccc4scnc4c3C(C)C)c3nc(-c4ccccc4F)c(Cl)cc23)[C@@H](C)C1. The van der Waals surface area contributed by atoms with Gasteiger partial charge >= 0.3 is 17.1 Å². The Kier molecular flexibility index (Phi) is 24.9. The molecular formula is C95H91Cl3F3N21O6S. The first kappa shape index (κ1) is 89.0. The zero-order valence-corrected chi connectivity index (χ0v) is 76.0. The number of aromatic nitrogens is 15. The topological polar surface area (TPSA) is 275 Å². The van der Waals surface area contributed by atoms with Gasteiger partial charge in [0.05, 0.1) is 110 Å². The lowest BCUT2D eigenvalue weighted by Crippen LogP contribution is -2.54. The van der Waals surface area contributed by atoms with Gasteiger partial charge in [0.25, 0.3) is 0 Å². The van der Waals surface area contributed by atoms with Gasteiger partial charge in [-0.25, -0.2) is 76.1 Å². The Bertz CT molecular complexity index is 7310. The maximum atomic E-state index is 15.1. The van der Waals surface area contributed by atoms with Crippen molar-refractivity contribution in [3.8, 4) is 50.8 Å². The molecule has 0 saturated carbocycles. The van der Waals surface area contributed by atoms with E-state index in [4.69, 9.17) is 54.7 Å². The molecule has 3 atom stereocenters. The number of imidazole rings is 2. The summed E-state index contributed by atoms with van der Waals surface area (Å²) in [6.45, 7) is 34.7. The van der Waals surface area contributed by atoms with Crippen LogP contribution in [0.3, 0.4) is 0 Å². The lowest BCUT2D eigenvalue weighted by molar-refractivity contribution is -0.127. The van der Waals surface area contributed by atoms with Crippen LogP contribution >= 0.6 is 46.1 Å². The molecule has 0 radical (unpaired) electrons. The van der Waals surface area contributed by atoms with Crippen molar-refractivity contribution in [2.24, 2.45) is 14.1 Å². The van der Waals surface area contributed by atoms with Gasteiger partial charge < -0.3 is 38.5 Å². The number of fused-ring (bicyclic) bond motifs is 6. The summed E-state index contributed by atoms with van der Waals surface area (Å²) in [5.41, 5.74) is 11.2. The van der Waals surface area contributed by atoms with Crippen LogP contribution in [0.4, 0.5) is 30.6 Å². The molecule has 3 aliphatic rings. The average Bonchev–Trinajstić information content (AvgIpc) is 1.71. The summed E-state index contributed by atoms with van der Waals surface area (Å²) in [5.74, 6) is -0.707. The van der Waals surface area contributed by atoms with Gasteiger partial charge in [-0.2, -0.15) is 15.0 Å². The third-order valence-corrected chi connectivity index (χ3v) is 25.4. The molecule has 10 aromatic heterocycles. The standard InChI is InChI=1S/C33H33ClFN7O2.C31H30ClFN8O2.C31H28ClFN6O2S/c1-7-26(43)40-12-13-41(20(5)16-40)31-22-15-23(34)28(21-10-8-9-11-24(21)35)37-32(22)42(33(44)38-31)30-19(4)14-25-29(27(30)18(2)3)36-17-39(25)6;1-6-25(42)39-11-12-40(18(4)15-39)28-20-13-21(32)27(19-9-7-8-10-22(19)33)36-29(20)41(31(43)37-28)24-14-23-30(38(5)16-34-23)35-26(24)17(2)3;1-5-25(40)37-12-13-38(18(4)15-37)29-20-14-21(32)27(19-8-6-7-9-22(19)33)35-30(20)39(31(41)36-29)23-10-11-24-28(34-16-42-24)26(23)17(2)3/h7-11,14-15,17-18,20H,1,12-13,16H2,2-6H3;6-10,13-14,16-18H,1,11-12,15H2,2-5H3;5-11,14,16-18H,1,12-13,15H2,2-4H3/t20-;2*18-/m000/s1. The summed E-state index contributed by atoms with van der Waals surface area (Å²) in [7, 11) is 3.79. The second-order valence-corrected chi connectivity index (χ2v) is 35.3. The number of pyridine rings is 4. The van der Waals surface area contributed by atoms with E-state index in [-0.39, 0.29) is 108 Å². The molecule has 3 fully saturated rings. The maximum Gasteiger partial charge on any atom is 0.355 e. The molecule has 3 saturated heterocycles. The minimum absolute atomic E-state index is 0.00207. The van der Waals surface area contributed by atoms with Gasteiger partial charge in [-0.05, 0) is 148 Å². The van der Waals surface area contributed by atoms with E-state index in [1.165, 1.54) is 61.5 Å². The van der Waals surface area contributed by atoms with Crippen LogP contribution in [-0.2, 0) is 28.5 Å². The number of halogens is 6. The lowest BCUT2D eigenvalue weighted by Gasteiger charge is -2.40. The van der Waals surface area contributed by atoms with E-state index >= 15 is 8.78 Å². The summed E-state index contributed by atoms with van der Waals surface area (Å²) in [4.78, 5) is 138. The molecule has 0 N–H and O–H groups in total. The number of carbonyl (C=O) groups is 3. The number of carbonyl (C=O) groups excluding carboxylic acids is 3. The van der Waals surface area contributed by atoms with E-state index in [0.717, 1.165) is 37.9 Å². The average molecular weight is 1820 g/mol. The molecule has 5 aromatic carbocycles. The molecular weight excluding hydrogens is 1730 g/mol. The quantitative estimate of drug-likeness (QED) is 0.0862. The number of thiazole rings is 1. The van der Waals surface area contributed by atoms with Crippen molar-refractivity contribution in [2.45, 2.75) is 105 Å². The fourth-order valence-corrected chi connectivity index (χ4v) is 19.0. The highest BCUT2D eigenvalue weighted by Gasteiger charge is 2.36. The number of hydrogen-bond donors (Lipinski definition) is 0. The predicted molar refractivity (Wildman–Crippen MR) is 504 cm³/mol. The number of amides is 3. The second-order valence-electron chi connectivity index (χ2n) is 33.2. The third-order valence-electron chi connectivity index (χ3n) is 23.8. The monoisotopic (exact) mass is 1820 g/mol. The van der Waals surface area contributed by atoms with Gasteiger partial charge in [0.1, 0.15) is 40.4 Å². The van der Waals surface area contributed by atoms with E-state index in [0.29, 0.717) is 138 Å². The zero-order chi connectivity index (χ0) is 91.7. The molecule has 3 amide bonds. The van der Waals surface area contributed by atoms with Gasteiger partial charge in [0.2, 0.25) is 17.7 Å². The third kappa shape index (κ3) is 16.4. The fraction of sp³-hybridized carbons (Fsp3) is 0.284. The zero-order valence-electron chi connectivity index (χ0n) is 72.9. The first-order valence-electron chi connectivity index (χ1n) is 42.1. The molecule has 34 heteroatoms. The molecule has 0 aliphatic carbocycles. The lowest BCUT2D eigenvalue weighted by atomic mass is 9.95. The molecule has 129 heavy (non-hydrogen) atoms. The number of hydrogen-bond acceptors (Lipinski definition) is 20. The number of aryl methyl sites for hydroxylation is 3. The van der Waals surface area contributed by atoms with Gasteiger partial charge in [-0.1, -0.05) is 132 Å². The Labute approximate surface area is 758 Å². The number of piperazine rings is 3. The summed E-state index contributed by atoms with van der Waals surface area (Å²) in [6, 6.07) is 31.0. The van der Waals surface area contributed by atoms with E-state index in [9.17, 15) is 33.2 Å². The Hall–Kier alpha value is -13.4. The van der Waals surface area contributed by atoms with Crippen LogP contribution in [0.5, 0.6) is 0 Å². The molecule has 0 bridgehead atoms. The molecule has 0 spiro atoms. The summed E-state index contributed by atoms with van der Waals surface area (Å²) < 4.78 is 54.3. The van der Waals surface area contributed by atoms with E-state index in [1.807, 2.05) is 112 Å². The van der Waals surface area contributed by atoms with Crippen molar-refractivity contribution in [3.05, 3.63) is 258 Å². The van der Waals surface area contributed by atoms with Crippen molar-refractivity contribution in [3.63, 3.8) is 0 Å². The number of anilines is 3. The highest BCUT2D eigenvalue weighted by atomic mass is 35.5. The highest BCUT2D eigenvalue weighted by molar-refractivity contribution is 7.16. The minimum atomic E-state index is -0.576. The summed E-state index contributed by atoms with van der Waals surface area (Å²) in [6.07, 6.45) is 7.33. The van der Waals surface area contributed by atoms with Crippen LogP contribution in [0, 0.1) is 24.4 Å². The van der Waals surface area contributed by atoms with Crippen LogP contribution in [0.2, 0.25) is 15.1 Å². The van der Waals surface area contributed by atoms with Gasteiger partial charge in [0.15, 0.2) is 22.6 Å². The highest BCUT2D eigenvalue weighted by Crippen LogP contribution is 2.43. The smallest absolute Gasteiger partial charge is 0.350 e.